The van der Waals surface area contributed by atoms with Crippen LogP contribution in [0.25, 0.3) is 65.1 Å². The Kier molecular flexibility index (Phi) is 9.20. The van der Waals surface area contributed by atoms with E-state index in [4.69, 9.17) is 9.97 Å². The summed E-state index contributed by atoms with van der Waals surface area (Å²) >= 11 is 1.62. The van der Waals surface area contributed by atoms with Gasteiger partial charge in [-0.1, -0.05) is 114 Å². The van der Waals surface area contributed by atoms with Gasteiger partial charge in [0.2, 0.25) is 0 Å². The van der Waals surface area contributed by atoms with Gasteiger partial charge in [-0.2, -0.15) is 0 Å². The molecule has 0 saturated carbocycles. The average molecular weight is 841 g/mol. The van der Waals surface area contributed by atoms with Gasteiger partial charge in [-0.25, -0.2) is 4.98 Å². The number of aromatic nitrogens is 2. The molecule has 7 rings (SSSR count). The number of pyridine rings is 1. The van der Waals surface area contributed by atoms with Gasteiger partial charge in [-0.15, -0.1) is 46.2 Å². The van der Waals surface area contributed by atoms with Crippen molar-refractivity contribution in [1.29, 1.82) is 0 Å². The van der Waals surface area contributed by atoms with Crippen LogP contribution >= 0.6 is 11.3 Å². The Hall–Kier alpha value is -4.11. The van der Waals surface area contributed by atoms with Crippen LogP contribution < -0.4 is 0 Å². The molecular weight excluding hydrogens is 800 g/mol. The maximum Gasteiger partial charge on any atom is 0.127 e. The van der Waals surface area contributed by atoms with E-state index in [1.54, 1.807) is 17.4 Å². The van der Waals surface area contributed by atoms with Crippen molar-refractivity contribution < 1.29 is 26.2 Å². The number of aromatic hydroxyl groups is 1. The number of aryl methyl sites for hydroxylation is 2. The van der Waals surface area contributed by atoms with E-state index in [1.807, 2.05) is 12.3 Å². The number of phenolic OH excluding ortho intramolecular Hbond substituents is 1. The predicted octanol–water partition coefficient (Wildman–Crippen LogP) is 12.2. The van der Waals surface area contributed by atoms with Crippen molar-refractivity contribution in [2.24, 2.45) is 0 Å². The number of hydrogen-bond acceptors (Lipinski definition) is 4. The van der Waals surface area contributed by atoms with Crippen LogP contribution in [0.2, 0.25) is 0 Å². The Labute approximate surface area is 308 Å². The summed E-state index contributed by atoms with van der Waals surface area (Å²) in [6.45, 7) is 17.6. The van der Waals surface area contributed by atoms with E-state index < -0.39 is 0 Å². The van der Waals surface area contributed by atoms with Crippen molar-refractivity contribution in [3.8, 4) is 49.7 Å². The number of hydrogen-bond donors (Lipinski definition) is 1. The molecule has 0 atom stereocenters. The van der Waals surface area contributed by atoms with Gasteiger partial charge >= 0.3 is 0 Å². The largest absolute Gasteiger partial charge is 0.507 e. The minimum Gasteiger partial charge on any atom is -0.507 e. The van der Waals surface area contributed by atoms with Crippen LogP contribution in [0.5, 0.6) is 5.75 Å². The Morgan fingerprint density at radius 3 is 2.02 bits per heavy atom. The summed E-state index contributed by atoms with van der Waals surface area (Å²) in [5, 5.41) is 13.0. The van der Waals surface area contributed by atoms with E-state index >= 15 is 0 Å². The number of benzene rings is 5. The number of fused-ring (bicyclic) bond motifs is 2. The summed E-state index contributed by atoms with van der Waals surface area (Å²) in [6.07, 6.45) is 1.89. The molecule has 3 nitrogen and oxygen atoms in total. The molecule has 0 radical (unpaired) electrons. The fourth-order valence-electron chi connectivity index (χ4n) is 6.39. The van der Waals surface area contributed by atoms with Gasteiger partial charge in [-0.05, 0) is 75.2 Å². The standard InChI is InChI=1S/C44H41N2OS.Pt/c1-26-20-30(35-11-9-10-34-27(2)18-19-45-40(34)35)22-31(21-26)36-23-29(28-12-14-32(15-13-28)43(3,4)5)24-39-41(36)46-42(48-39)37-25-33(44(6,7)8)16-17-38(37)47;/h9-21,23-25,47H,1-8H3;/q-1;. The first kappa shape index (κ1) is 34.7. The molecule has 2 heterocycles. The molecule has 0 aliphatic carbocycles. The topological polar surface area (TPSA) is 46.0 Å². The number of rotatable bonds is 4. The van der Waals surface area contributed by atoms with Crippen LogP contribution in [-0.4, -0.2) is 15.1 Å². The van der Waals surface area contributed by atoms with Crippen molar-refractivity contribution in [3.63, 3.8) is 0 Å². The summed E-state index contributed by atoms with van der Waals surface area (Å²) < 4.78 is 1.07. The van der Waals surface area contributed by atoms with Crippen molar-refractivity contribution in [1.82, 2.24) is 9.97 Å². The zero-order valence-electron chi connectivity index (χ0n) is 29.3. The molecule has 49 heavy (non-hydrogen) atoms. The SMILES string of the molecule is Cc1cc(-c2cc(-c3ccc(C(C)(C)C)cc3)cc3sc(-c4cc(C(C)(C)C)ccc4O)nc23)[c-]c(-c2cccc3c(C)ccnc23)c1.[Pt]. The smallest absolute Gasteiger partial charge is 0.127 e. The number of para-hydroxylation sites is 1. The molecule has 2 aromatic heterocycles. The Bertz CT molecular complexity index is 2340. The van der Waals surface area contributed by atoms with Crippen LogP contribution in [0.3, 0.4) is 0 Å². The second-order valence-electron chi connectivity index (χ2n) is 15.0. The minimum absolute atomic E-state index is 0. The summed E-state index contributed by atoms with van der Waals surface area (Å²) in [4.78, 5) is 10.0. The summed E-state index contributed by atoms with van der Waals surface area (Å²) in [5.41, 5.74) is 13.8. The summed E-state index contributed by atoms with van der Waals surface area (Å²) in [6, 6.07) is 35.9. The van der Waals surface area contributed by atoms with Crippen molar-refractivity contribution in [2.45, 2.75) is 66.2 Å². The molecular formula is C44H41N2OPtS-. The third-order valence-electron chi connectivity index (χ3n) is 9.25. The fraction of sp³-hybridized carbons (Fsp3) is 0.227. The zero-order chi connectivity index (χ0) is 34.0. The molecule has 0 bridgehead atoms. The molecule has 5 heteroatoms. The molecule has 0 aliphatic heterocycles. The summed E-state index contributed by atoms with van der Waals surface area (Å²) in [5.74, 6) is 0.241. The zero-order valence-corrected chi connectivity index (χ0v) is 32.4. The van der Waals surface area contributed by atoms with Gasteiger partial charge in [0.1, 0.15) is 10.8 Å². The molecule has 0 aliphatic rings. The maximum absolute atomic E-state index is 11.0. The molecule has 0 fully saturated rings. The van der Waals surface area contributed by atoms with E-state index in [0.717, 1.165) is 76.2 Å². The fourth-order valence-corrected chi connectivity index (χ4v) is 7.45. The second kappa shape index (κ2) is 13.0. The first-order valence-electron chi connectivity index (χ1n) is 16.5. The molecule has 5 aromatic carbocycles. The molecule has 250 valence electrons. The van der Waals surface area contributed by atoms with Crippen molar-refractivity contribution >= 4 is 32.5 Å². The van der Waals surface area contributed by atoms with Crippen molar-refractivity contribution in [2.75, 3.05) is 0 Å². The third kappa shape index (κ3) is 6.74. The molecule has 0 saturated heterocycles. The normalized spacial score (nSPS) is 12.0. The first-order valence-corrected chi connectivity index (χ1v) is 17.4. The van der Waals surface area contributed by atoms with Gasteiger partial charge in [0.25, 0.3) is 0 Å². The van der Waals surface area contributed by atoms with Gasteiger partial charge in [0, 0.05) is 37.5 Å². The molecule has 1 N–H and O–H groups in total. The first-order chi connectivity index (χ1) is 22.8. The Morgan fingerprint density at radius 2 is 1.33 bits per heavy atom. The summed E-state index contributed by atoms with van der Waals surface area (Å²) in [7, 11) is 0. The third-order valence-corrected chi connectivity index (χ3v) is 10.3. The van der Waals surface area contributed by atoms with Crippen LogP contribution in [-0.2, 0) is 31.9 Å². The van der Waals surface area contributed by atoms with Crippen LogP contribution in [0.4, 0.5) is 0 Å². The van der Waals surface area contributed by atoms with Crippen LogP contribution in [0.1, 0.15) is 63.8 Å². The maximum atomic E-state index is 11.0. The molecule has 0 amide bonds. The van der Waals surface area contributed by atoms with E-state index in [2.05, 4.69) is 140 Å². The van der Waals surface area contributed by atoms with Gasteiger partial charge in [0.15, 0.2) is 0 Å². The number of thiazole rings is 1. The van der Waals surface area contributed by atoms with Crippen LogP contribution in [0, 0.1) is 19.9 Å². The van der Waals surface area contributed by atoms with E-state index in [0.29, 0.717) is 0 Å². The second-order valence-corrected chi connectivity index (χ2v) is 16.0. The van der Waals surface area contributed by atoms with Gasteiger partial charge < -0.3 is 5.11 Å². The van der Waals surface area contributed by atoms with Crippen LogP contribution in [0.15, 0.2) is 97.2 Å². The Morgan fingerprint density at radius 1 is 0.653 bits per heavy atom. The van der Waals surface area contributed by atoms with E-state index in [9.17, 15) is 5.11 Å². The number of phenols is 1. The average Bonchev–Trinajstić information content (AvgIpc) is 3.47. The van der Waals surface area contributed by atoms with Gasteiger partial charge in [-0.3, -0.25) is 4.98 Å². The monoisotopic (exact) mass is 840 g/mol. The molecule has 0 spiro atoms. The molecule has 0 unspecified atom stereocenters. The number of nitrogens with zero attached hydrogens (tertiary/aromatic N) is 2. The Balaban J connectivity index is 0.00000417. The van der Waals surface area contributed by atoms with Gasteiger partial charge in [0.05, 0.1) is 11.1 Å². The quantitative estimate of drug-likeness (QED) is 0.180. The van der Waals surface area contributed by atoms with E-state index in [-0.39, 0.29) is 37.6 Å². The van der Waals surface area contributed by atoms with E-state index in [1.165, 1.54) is 11.1 Å². The minimum atomic E-state index is -0.0569. The predicted molar refractivity (Wildman–Crippen MR) is 204 cm³/mol. The van der Waals surface area contributed by atoms with Crippen molar-refractivity contribution in [3.05, 3.63) is 126 Å². The molecule has 7 aromatic rings.